The van der Waals surface area contributed by atoms with E-state index in [4.69, 9.17) is 17.3 Å². The summed E-state index contributed by atoms with van der Waals surface area (Å²) in [5.41, 5.74) is 5.14. The molecule has 1 aromatic rings. The first kappa shape index (κ1) is 12.9. The van der Waals surface area contributed by atoms with Gasteiger partial charge in [-0.05, 0) is 6.92 Å². The van der Waals surface area contributed by atoms with Gasteiger partial charge >= 0.3 is 0 Å². The first-order valence-electron chi connectivity index (χ1n) is 4.50. The molecule has 1 aromatic heterocycles. The zero-order valence-electron chi connectivity index (χ0n) is 8.86. The molecule has 0 aliphatic heterocycles. The second-order valence-corrected chi connectivity index (χ2v) is 3.49. The number of pyridine rings is 1. The molecule has 0 saturated heterocycles. The maximum atomic E-state index is 10.7. The number of nitro groups is 1. The molecule has 0 spiro atoms. The molecule has 0 atom stereocenters. The largest absolute Gasteiger partial charge is 0.369 e. The summed E-state index contributed by atoms with van der Waals surface area (Å²) in [6, 6.07) is 1.22. The van der Waals surface area contributed by atoms with Crippen molar-refractivity contribution >= 4 is 23.2 Å². The van der Waals surface area contributed by atoms with Gasteiger partial charge in [0.1, 0.15) is 10.8 Å². The Hall–Kier alpha value is -2.13. The second kappa shape index (κ2) is 5.27. The van der Waals surface area contributed by atoms with Crippen molar-refractivity contribution < 1.29 is 9.72 Å². The molecule has 1 amide bonds. The third-order valence-electron chi connectivity index (χ3n) is 1.82. The first-order valence-corrected chi connectivity index (χ1v) is 4.88. The van der Waals surface area contributed by atoms with Crippen molar-refractivity contribution in [1.82, 2.24) is 4.98 Å². The lowest BCUT2D eigenvalue weighted by molar-refractivity contribution is -0.385. The normalized spacial score (nSPS) is 9.29. The van der Waals surface area contributed by atoms with Crippen LogP contribution in [0.5, 0.6) is 0 Å². The van der Waals surface area contributed by atoms with Crippen molar-refractivity contribution in [3.63, 3.8) is 0 Å². The third-order valence-corrected chi connectivity index (χ3v) is 2.11. The van der Waals surface area contributed by atoms with Crippen LogP contribution in [0.4, 0.5) is 5.69 Å². The van der Waals surface area contributed by atoms with E-state index in [1.165, 1.54) is 13.0 Å². The average Bonchev–Trinajstić information content (AvgIpc) is 2.20. The van der Waals surface area contributed by atoms with Gasteiger partial charge in [0.25, 0.3) is 5.69 Å². The van der Waals surface area contributed by atoms with Crippen molar-refractivity contribution in [3.8, 4) is 11.8 Å². The van der Waals surface area contributed by atoms with E-state index >= 15 is 0 Å². The summed E-state index contributed by atoms with van der Waals surface area (Å²) in [6.07, 6.45) is -0.141. The molecular formula is C10H8ClN3O3. The van der Waals surface area contributed by atoms with E-state index in [0.717, 1.165) is 0 Å². The molecule has 0 unspecified atom stereocenters. The number of primary amides is 1. The van der Waals surface area contributed by atoms with Gasteiger partial charge in [-0.25, -0.2) is 4.98 Å². The van der Waals surface area contributed by atoms with E-state index in [0.29, 0.717) is 0 Å². The summed E-state index contributed by atoms with van der Waals surface area (Å²) < 4.78 is 0. The highest BCUT2D eigenvalue weighted by molar-refractivity contribution is 6.30. The van der Waals surface area contributed by atoms with Gasteiger partial charge in [0, 0.05) is 6.07 Å². The molecule has 7 heteroatoms. The lowest BCUT2D eigenvalue weighted by atomic mass is 10.2. The van der Waals surface area contributed by atoms with Crippen LogP contribution in [0.1, 0.15) is 17.7 Å². The van der Waals surface area contributed by atoms with E-state index in [1.807, 2.05) is 0 Å². The van der Waals surface area contributed by atoms with Gasteiger partial charge in [-0.3, -0.25) is 14.9 Å². The smallest absolute Gasteiger partial charge is 0.291 e. The standard InChI is InChI=1S/C10H8ClN3O3/c1-6-8(14(16)17)5-7(10(11)13-6)3-2-4-9(12)15/h5H,4H2,1H3,(H2,12,15). The van der Waals surface area contributed by atoms with Gasteiger partial charge in [0.2, 0.25) is 5.91 Å². The van der Waals surface area contributed by atoms with Crippen molar-refractivity contribution in [2.75, 3.05) is 0 Å². The van der Waals surface area contributed by atoms with E-state index < -0.39 is 10.8 Å². The van der Waals surface area contributed by atoms with E-state index in [9.17, 15) is 14.9 Å². The molecule has 6 nitrogen and oxygen atoms in total. The van der Waals surface area contributed by atoms with E-state index in [-0.39, 0.29) is 28.5 Å². The van der Waals surface area contributed by atoms with Crippen LogP contribution >= 0.6 is 11.6 Å². The van der Waals surface area contributed by atoms with Crippen LogP contribution in [0.2, 0.25) is 5.15 Å². The molecule has 0 fully saturated rings. The fraction of sp³-hybridized carbons (Fsp3) is 0.200. The number of aromatic nitrogens is 1. The van der Waals surface area contributed by atoms with Gasteiger partial charge in [-0.15, -0.1) is 0 Å². The van der Waals surface area contributed by atoms with Crippen molar-refractivity contribution in [2.24, 2.45) is 5.73 Å². The van der Waals surface area contributed by atoms with E-state index in [2.05, 4.69) is 16.8 Å². The minimum absolute atomic E-state index is 0.0603. The van der Waals surface area contributed by atoms with Crippen LogP contribution < -0.4 is 5.73 Å². The van der Waals surface area contributed by atoms with Gasteiger partial charge in [0.15, 0.2) is 0 Å². The van der Waals surface area contributed by atoms with Crippen LogP contribution in [-0.2, 0) is 4.79 Å². The van der Waals surface area contributed by atoms with Crippen molar-refractivity contribution in [1.29, 1.82) is 0 Å². The fourth-order valence-corrected chi connectivity index (χ4v) is 1.29. The van der Waals surface area contributed by atoms with Gasteiger partial charge in [-0.2, -0.15) is 0 Å². The van der Waals surface area contributed by atoms with Crippen LogP contribution in [-0.4, -0.2) is 15.8 Å². The molecule has 0 aliphatic rings. The Kier molecular flexibility index (Phi) is 4.01. The molecule has 0 aliphatic carbocycles. The summed E-state index contributed by atoms with van der Waals surface area (Å²) in [7, 11) is 0. The maximum absolute atomic E-state index is 10.7. The van der Waals surface area contributed by atoms with Crippen LogP contribution in [0, 0.1) is 28.9 Å². The predicted molar refractivity (Wildman–Crippen MR) is 61.3 cm³/mol. The molecule has 88 valence electrons. The summed E-state index contributed by atoms with van der Waals surface area (Å²) in [5.74, 6) is 4.39. The number of nitrogens with two attached hydrogens (primary N) is 1. The Morgan fingerprint density at radius 2 is 2.35 bits per heavy atom. The number of hydrogen-bond acceptors (Lipinski definition) is 4. The lowest BCUT2D eigenvalue weighted by Gasteiger charge is -1.99. The fourth-order valence-electron chi connectivity index (χ4n) is 1.06. The third kappa shape index (κ3) is 3.43. The molecule has 17 heavy (non-hydrogen) atoms. The monoisotopic (exact) mass is 253 g/mol. The number of rotatable bonds is 2. The Morgan fingerprint density at radius 1 is 1.71 bits per heavy atom. The molecule has 0 saturated carbocycles. The quantitative estimate of drug-likeness (QED) is 0.370. The van der Waals surface area contributed by atoms with Crippen LogP contribution in [0.25, 0.3) is 0 Å². The Labute approximate surface area is 102 Å². The number of carbonyl (C=O) groups is 1. The molecule has 1 heterocycles. The average molecular weight is 254 g/mol. The Balaban J connectivity index is 3.15. The van der Waals surface area contributed by atoms with Gasteiger partial charge < -0.3 is 5.73 Å². The SMILES string of the molecule is Cc1nc(Cl)c(C#CCC(N)=O)cc1[N+](=O)[O-]. The number of nitrogens with zero attached hydrogens (tertiary/aromatic N) is 2. The highest BCUT2D eigenvalue weighted by atomic mass is 35.5. The molecule has 1 rings (SSSR count). The summed E-state index contributed by atoms with van der Waals surface area (Å²) in [5, 5.41) is 10.7. The minimum Gasteiger partial charge on any atom is -0.369 e. The molecule has 0 aromatic carbocycles. The highest BCUT2D eigenvalue weighted by Crippen LogP contribution is 2.22. The van der Waals surface area contributed by atoms with Crippen molar-refractivity contribution in [2.45, 2.75) is 13.3 Å². The lowest BCUT2D eigenvalue weighted by Crippen LogP contribution is -2.08. The van der Waals surface area contributed by atoms with E-state index in [1.54, 1.807) is 0 Å². The summed E-state index contributed by atoms with van der Waals surface area (Å²) in [4.78, 5) is 24.4. The number of hydrogen-bond donors (Lipinski definition) is 1. The number of amides is 1. The van der Waals surface area contributed by atoms with Crippen LogP contribution in [0.15, 0.2) is 6.07 Å². The maximum Gasteiger partial charge on any atom is 0.291 e. The Bertz CT molecular complexity index is 546. The second-order valence-electron chi connectivity index (χ2n) is 3.13. The number of halogens is 1. The topological polar surface area (TPSA) is 99.1 Å². The van der Waals surface area contributed by atoms with Crippen molar-refractivity contribution in [3.05, 3.63) is 32.6 Å². The zero-order valence-corrected chi connectivity index (χ0v) is 9.61. The zero-order chi connectivity index (χ0) is 13.0. The van der Waals surface area contributed by atoms with Gasteiger partial charge in [-0.1, -0.05) is 23.4 Å². The van der Waals surface area contributed by atoms with Gasteiger partial charge in [0.05, 0.1) is 16.9 Å². The minimum atomic E-state index is -0.580. The number of carbonyl (C=O) groups excluding carboxylic acids is 1. The first-order chi connectivity index (χ1) is 7.91. The highest BCUT2D eigenvalue weighted by Gasteiger charge is 2.14. The summed E-state index contributed by atoms with van der Waals surface area (Å²) in [6.45, 7) is 1.48. The molecule has 2 N–H and O–H groups in total. The molecular weight excluding hydrogens is 246 g/mol. The molecule has 0 radical (unpaired) electrons. The molecule has 0 bridgehead atoms. The predicted octanol–water partition coefficient (Wildman–Crippen LogP) is 1.18. The van der Waals surface area contributed by atoms with Crippen LogP contribution in [0.3, 0.4) is 0 Å². The summed E-state index contributed by atoms with van der Waals surface area (Å²) >= 11 is 5.77. The Morgan fingerprint density at radius 3 is 2.88 bits per heavy atom. The number of aryl methyl sites for hydroxylation is 1.